The van der Waals surface area contributed by atoms with Crippen LogP contribution in [0.2, 0.25) is 0 Å². The van der Waals surface area contributed by atoms with Gasteiger partial charge in [0.25, 0.3) is 0 Å². The van der Waals surface area contributed by atoms with Gasteiger partial charge in [-0.15, -0.1) is 0 Å². The molecule has 0 aromatic heterocycles. The van der Waals surface area contributed by atoms with Gasteiger partial charge >= 0.3 is 17.9 Å². The highest BCUT2D eigenvalue weighted by molar-refractivity contribution is 5.95. The second kappa shape index (κ2) is 11.4. The number of ether oxygens (including phenoxy) is 3. The van der Waals surface area contributed by atoms with Gasteiger partial charge in [-0.1, -0.05) is 31.6 Å². The standard InChI is InChI=1S/C18H28O6/c1-6-7-13-23-16(20)14(17(21)24-18(2,3)4)11-9-8-10-12-15(19)22-5/h8-10,12,14H,6-7,11,13H2,1-5H3/b9-8+,12-10+. The molecule has 0 spiro atoms. The number of hydrogen-bond donors (Lipinski definition) is 0. The Labute approximate surface area is 143 Å². The van der Waals surface area contributed by atoms with Crippen molar-refractivity contribution in [3.05, 3.63) is 24.3 Å². The van der Waals surface area contributed by atoms with Crippen molar-refractivity contribution in [3.8, 4) is 0 Å². The molecule has 0 aliphatic heterocycles. The van der Waals surface area contributed by atoms with Gasteiger partial charge < -0.3 is 14.2 Å². The van der Waals surface area contributed by atoms with E-state index in [2.05, 4.69) is 4.74 Å². The number of unbranched alkanes of at least 4 members (excludes halogenated alkanes) is 1. The summed E-state index contributed by atoms with van der Waals surface area (Å²) in [4.78, 5) is 35.3. The van der Waals surface area contributed by atoms with Crippen LogP contribution in [0.25, 0.3) is 0 Å². The number of allylic oxidation sites excluding steroid dienone is 3. The second-order valence-electron chi connectivity index (χ2n) is 6.15. The third-order valence-electron chi connectivity index (χ3n) is 2.77. The highest BCUT2D eigenvalue weighted by Crippen LogP contribution is 2.16. The minimum atomic E-state index is -1.02. The second-order valence-corrected chi connectivity index (χ2v) is 6.15. The lowest BCUT2D eigenvalue weighted by atomic mass is 10.0. The Bertz CT molecular complexity index is 470. The van der Waals surface area contributed by atoms with Crippen LogP contribution < -0.4 is 0 Å². The lowest BCUT2D eigenvalue weighted by molar-refractivity contribution is -0.169. The molecule has 0 amide bonds. The lowest BCUT2D eigenvalue weighted by Crippen LogP contribution is -2.33. The topological polar surface area (TPSA) is 78.9 Å². The van der Waals surface area contributed by atoms with E-state index in [0.717, 1.165) is 12.8 Å². The van der Waals surface area contributed by atoms with Gasteiger partial charge in [-0.25, -0.2) is 4.79 Å². The lowest BCUT2D eigenvalue weighted by Gasteiger charge is -2.22. The summed E-state index contributed by atoms with van der Waals surface area (Å²) in [5, 5.41) is 0. The highest BCUT2D eigenvalue weighted by atomic mass is 16.6. The van der Waals surface area contributed by atoms with Crippen LogP contribution in [-0.2, 0) is 28.6 Å². The Hall–Kier alpha value is -2.11. The molecule has 0 fully saturated rings. The molecule has 0 N–H and O–H groups in total. The minimum absolute atomic E-state index is 0.130. The third kappa shape index (κ3) is 10.6. The zero-order valence-electron chi connectivity index (χ0n) is 15.2. The van der Waals surface area contributed by atoms with E-state index >= 15 is 0 Å². The predicted octanol–water partition coefficient (Wildman–Crippen LogP) is 2.96. The smallest absolute Gasteiger partial charge is 0.330 e. The minimum Gasteiger partial charge on any atom is -0.466 e. The van der Waals surface area contributed by atoms with Crippen LogP contribution in [0.1, 0.15) is 47.0 Å². The van der Waals surface area contributed by atoms with Gasteiger partial charge in [-0.05, 0) is 33.6 Å². The van der Waals surface area contributed by atoms with Crippen molar-refractivity contribution in [1.29, 1.82) is 0 Å². The Morgan fingerprint density at radius 2 is 1.75 bits per heavy atom. The van der Waals surface area contributed by atoms with Gasteiger partial charge in [0.15, 0.2) is 5.92 Å². The summed E-state index contributed by atoms with van der Waals surface area (Å²) in [7, 11) is 1.28. The first-order valence-electron chi connectivity index (χ1n) is 8.02. The third-order valence-corrected chi connectivity index (χ3v) is 2.77. The molecule has 136 valence electrons. The molecule has 0 bridgehead atoms. The van der Waals surface area contributed by atoms with Crippen molar-refractivity contribution in [2.45, 2.75) is 52.6 Å². The molecule has 1 unspecified atom stereocenters. The van der Waals surface area contributed by atoms with Gasteiger partial charge in [-0.3, -0.25) is 9.59 Å². The molecule has 0 aromatic rings. The maximum atomic E-state index is 12.2. The first-order valence-corrected chi connectivity index (χ1v) is 8.02. The summed E-state index contributed by atoms with van der Waals surface area (Å²) in [5.74, 6) is -2.73. The molecule has 6 heteroatoms. The molecular formula is C18H28O6. The van der Waals surface area contributed by atoms with Crippen LogP contribution in [0.5, 0.6) is 0 Å². The highest BCUT2D eigenvalue weighted by Gasteiger charge is 2.31. The van der Waals surface area contributed by atoms with Gasteiger partial charge in [0.1, 0.15) is 5.60 Å². The predicted molar refractivity (Wildman–Crippen MR) is 90.1 cm³/mol. The van der Waals surface area contributed by atoms with Crippen LogP contribution in [0.15, 0.2) is 24.3 Å². The number of carbonyl (C=O) groups excluding carboxylic acids is 3. The summed E-state index contributed by atoms with van der Waals surface area (Å²) in [5.41, 5.74) is -0.687. The zero-order chi connectivity index (χ0) is 18.6. The number of methoxy groups -OCH3 is 1. The van der Waals surface area contributed by atoms with E-state index in [-0.39, 0.29) is 13.0 Å². The maximum Gasteiger partial charge on any atom is 0.330 e. The maximum absolute atomic E-state index is 12.2. The van der Waals surface area contributed by atoms with Crippen molar-refractivity contribution in [1.82, 2.24) is 0 Å². The van der Waals surface area contributed by atoms with E-state index in [1.165, 1.54) is 19.3 Å². The number of hydrogen-bond acceptors (Lipinski definition) is 6. The normalized spacial score (nSPS) is 13.0. The van der Waals surface area contributed by atoms with Gasteiger partial charge in [0.2, 0.25) is 0 Å². The molecule has 6 nitrogen and oxygen atoms in total. The Morgan fingerprint density at radius 1 is 1.08 bits per heavy atom. The van der Waals surface area contributed by atoms with E-state index in [9.17, 15) is 14.4 Å². The van der Waals surface area contributed by atoms with Gasteiger partial charge in [0.05, 0.1) is 13.7 Å². The molecule has 0 saturated carbocycles. The van der Waals surface area contributed by atoms with Crippen molar-refractivity contribution in [2.75, 3.05) is 13.7 Å². The number of esters is 3. The summed E-state index contributed by atoms with van der Waals surface area (Å²) in [6, 6.07) is 0. The molecule has 0 heterocycles. The van der Waals surface area contributed by atoms with Crippen LogP contribution in [0, 0.1) is 5.92 Å². The van der Waals surface area contributed by atoms with Gasteiger partial charge in [0, 0.05) is 6.08 Å². The molecule has 0 saturated heterocycles. The van der Waals surface area contributed by atoms with E-state index in [1.54, 1.807) is 32.9 Å². The van der Waals surface area contributed by atoms with E-state index < -0.39 is 29.4 Å². The summed E-state index contributed by atoms with van der Waals surface area (Å²) >= 11 is 0. The fourth-order valence-electron chi connectivity index (χ4n) is 1.57. The van der Waals surface area contributed by atoms with Crippen LogP contribution in [-0.4, -0.2) is 37.2 Å². The molecule has 24 heavy (non-hydrogen) atoms. The quantitative estimate of drug-likeness (QED) is 0.160. The summed E-state index contributed by atoms with van der Waals surface area (Å²) in [6.45, 7) is 7.47. The van der Waals surface area contributed by atoms with Crippen molar-refractivity contribution in [2.24, 2.45) is 5.92 Å². The zero-order valence-corrected chi connectivity index (χ0v) is 15.2. The first kappa shape index (κ1) is 21.9. The van der Waals surface area contributed by atoms with E-state index in [1.807, 2.05) is 6.92 Å². The van der Waals surface area contributed by atoms with E-state index in [4.69, 9.17) is 9.47 Å². The first-order chi connectivity index (χ1) is 11.2. The molecule has 0 aliphatic carbocycles. The fraction of sp³-hybridized carbons (Fsp3) is 0.611. The average molecular weight is 340 g/mol. The van der Waals surface area contributed by atoms with Crippen molar-refractivity contribution < 1.29 is 28.6 Å². The molecule has 0 aromatic carbocycles. The van der Waals surface area contributed by atoms with Gasteiger partial charge in [-0.2, -0.15) is 0 Å². The molecule has 1 atom stereocenters. The van der Waals surface area contributed by atoms with Crippen molar-refractivity contribution in [3.63, 3.8) is 0 Å². The number of rotatable bonds is 9. The Balaban J connectivity index is 4.82. The average Bonchev–Trinajstić information content (AvgIpc) is 2.48. The molecule has 0 radical (unpaired) electrons. The van der Waals surface area contributed by atoms with E-state index in [0.29, 0.717) is 0 Å². The summed E-state index contributed by atoms with van der Waals surface area (Å²) < 4.78 is 14.9. The Kier molecular flexibility index (Phi) is 10.4. The van der Waals surface area contributed by atoms with Crippen LogP contribution in [0.3, 0.4) is 0 Å². The monoisotopic (exact) mass is 340 g/mol. The molecular weight excluding hydrogens is 312 g/mol. The summed E-state index contributed by atoms with van der Waals surface area (Å²) in [6.07, 6.45) is 7.64. The SMILES string of the molecule is CCCCOC(=O)C(C/C=C/C=C/C(=O)OC)C(=O)OC(C)(C)C. The fourth-order valence-corrected chi connectivity index (χ4v) is 1.57. The Morgan fingerprint density at radius 3 is 2.29 bits per heavy atom. The van der Waals surface area contributed by atoms with Crippen LogP contribution in [0.4, 0.5) is 0 Å². The number of carbonyl (C=O) groups is 3. The van der Waals surface area contributed by atoms with Crippen molar-refractivity contribution >= 4 is 17.9 Å². The van der Waals surface area contributed by atoms with Crippen LogP contribution >= 0.6 is 0 Å². The molecule has 0 rings (SSSR count). The largest absolute Gasteiger partial charge is 0.466 e. The molecule has 0 aliphatic rings.